The van der Waals surface area contributed by atoms with Crippen LogP contribution in [0.3, 0.4) is 0 Å². The number of rotatable bonds is 7. The van der Waals surface area contributed by atoms with Gasteiger partial charge >= 0.3 is 6.18 Å². The van der Waals surface area contributed by atoms with E-state index in [9.17, 15) is 13.2 Å². The van der Waals surface area contributed by atoms with Crippen LogP contribution >= 0.6 is 23.2 Å². The molecule has 0 bridgehead atoms. The average molecular weight is 526 g/mol. The number of anilines is 1. The molecule has 1 aromatic heterocycles. The molecule has 0 amide bonds. The van der Waals surface area contributed by atoms with Crippen molar-refractivity contribution in [2.24, 2.45) is 5.41 Å². The Kier molecular flexibility index (Phi) is 7.86. The van der Waals surface area contributed by atoms with Crippen LogP contribution in [-0.2, 0) is 11.7 Å². The Bertz CT molecular complexity index is 1200. The molecule has 0 fully saturated rings. The number of nitrogens with one attached hydrogen (secondary N) is 1. The van der Waals surface area contributed by atoms with Crippen LogP contribution in [0, 0.1) is 5.41 Å². The molecule has 3 aromatic rings. The Morgan fingerprint density at radius 3 is 2.37 bits per heavy atom. The molecule has 1 N–H and O–H groups in total. The van der Waals surface area contributed by atoms with Crippen molar-refractivity contribution in [2.45, 2.75) is 58.8 Å². The van der Waals surface area contributed by atoms with Crippen LogP contribution in [0.25, 0.3) is 6.08 Å². The molecule has 0 saturated heterocycles. The van der Waals surface area contributed by atoms with E-state index in [1.54, 1.807) is 22.9 Å². The van der Waals surface area contributed by atoms with Gasteiger partial charge in [-0.05, 0) is 65.1 Å². The van der Waals surface area contributed by atoms with E-state index in [1.165, 1.54) is 6.07 Å². The number of aromatic nitrogens is 4. The van der Waals surface area contributed by atoms with Crippen LogP contribution < -0.4 is 5.32 Å². The molecule has 188 valence electrons. The van der Waals surface area contributed by atoms with Crippen molar-refractivity contribution in [3.05, 3.63) is 75.5 Å². The van der Waals surface area contributed by atoms with E-state index < -0.39 is 17.3 Å². The Morgan fingerprint density at radius 2 is 1.77 bits per heavy atom. The number of hydrogen-bond acceptors (Lipinski definition) is 4. The van der Waals surface area contributed by atoms with Crippen molar-refractivity contribution in [1.29, 1.82) is 0 Å². The van der Waals surface area contributed by atoms with Gasteiger partial charge in [0, 0.05) is 15.7 Å². The van der Waals surface area contributed by atoms with Gasteiger partial charge in [0.2, 0.25) is 0 Å². The second kappa shape index (κ2) is 10.2. The number of halogens is 5. The molecule has 0 aliphatic rings. The number of alkyl halides is 3. The second-order valence-corrected chi connectivity index (χ2v) is 10.5. The van der Waals surface area contributed by atoms with Crippen LogP contribution in [0.15, 0.2) is 48.5 Å². The molecule has 5 nitrogen and oxygen atoms in total. The number of hydrogen-bond donors (Lipinski definition) is 1. The standard InChI is InChI=1S/C25H28Cl2F3N5/c1-6-24(5,31-19-9-7-8-17(14-19)25(28,29)30)22-32-33-34-35(22)21(23(2,3)4)13-11-16-10-12-18(26)15-20(16)27/h7-15,21,31H,6H2,1-5H3. The van der Waals surface area contributed by atoms with Crippen molar-refractivity contribution in [1.82, 2.24) is 20.2 Å². The van der Waals surface area contributed by atoms with Gasteiger partial charge in [0.15, 0.2) is 5.82 Å². The van der Waals surface area contributed by atoms with Crippen molar-refractivity contribution in [2.75, 3.05) is 5.32 Å². The Labute approximate surface area is 213 Å². The molecule has 2 atom stereocenters. The first-order valence-electron chi connectivity index (χ1n) is 11.1. The monoisotopic (exact) mass is 525 g/mol. The molecule has 0 spiro atoms. The minimum Gasteiger partial charge on any atom is -0.373 e. The molecule has 0 radical (unpaired) electrons. The molecule has 10 heteroatoms. The zero-order chi connectivity index (χ0) is 26.0. The summed E-state index contributed by atoms with van der Waals surface area (Å²) < 4.78 is 41.4. The van der Waals surface area contributed by atoms with Crippen LogP contribution in [0.1, 0.15) is 64.0 Å². The summed E-state index contributed by atoms with van der Waals surface area (Å²) in [5.74, 6) is 0.504. The summed E-state index contributed by atoms with van der Waals surface area (Å²) in [4.78, 5) is 0. The normalized spacial score (nSPS) is 15.3. The maximum Gasteiger partial charge on any atom is 0.416 e. The zero-order valence-corrected chi connectivity index (χ0v) is 21.7. The first-order chi connectivity index (χ1) is 16.2. The van der Waals surface area contributed by atoms with E-state index in [-0.39, 0.29) is 11.5 Å². The Balaban J connectivity index is 2.01. The Morgan fingerprint density at radius 1 is 1.06 bits per heavy atom. The van der Waals surface area contributed by atoms with Crippen molar-refractivity contribution in [3.63, 3.8) is 0 Å². The third kappa shape index (κ3) is 6.35. The van der Waals surface area contributed by atoms with Crippen LogP contribution in [0.5, 0.6) is 0 Å². The molecule has 0 aliphatic carbocycles. The lowest BCUT2D eigenvalue weighted by Crippen LogP contribution is -2.37. The molecule has 1 heterocycles. The van der Waals surface area contributed by atoms with Gasteiger partial charge in [0.25, 0.3) is 0 Å². The Hall–Kier alpha value is -2.58. The maximum atomic E-state index is 13.2. The maximum absolute atomic E-state index is 13.2. The SMILES string of the molecule is CCC(C)(Nc1cccc(C(F)(F)F)c1)c1nnnn1C(C=Cc1ccc(Cl)cc1Cl)C(C)(C)C. The van der Waals surface area contributed by atoms with Gasteiger partial charge < -0.3 is 5.32 Å². The van der Waals surface area contributed by atoms with Gasteiger partial charge in [0.1, 0.15) is 0 Å². The molecule has 2 aromatic carbocycles. The van der Waals surface area contributed by atoms with Gasteiger partial charge in [-0.25, -0.2) is 4.68 Å². The van der Waals surface area contributed by atoms with Gasteiger partial charge in [-0.2, -0.15) is 13.2 Å². The second-order valence-electron chi connectivity index (χ2n) is 9.67. The summed E-state index contributed by atoms with van der Waals surface area (Å²) in [6, 6.07) is 10.1. The van der Waals surface area contributed by atoms with Crippen LogP contribution in [0.4, 0.5) is 18.9 Å². The molecule has 0 aliphatic heterocycles. The average Bonchev–Trinajstić information content (AvgIpc) is 3.24. The highest BCUT2D eigenvalue weighted by Crippen LogP contribution is 2.38. The molecule has 0 saturated carbocycles. The lowest BCUT2D eigenvalue weighted by atomic mass is 9.85. The number of allylic oxidation sites excluding steroid dienone is 1. The molecular weight excluding hydrogens is 498 g/mol. The predicted octanol–water partition coefficient (Wildman–Crippen LogP) is 8.04. The molecule has 35 heavy (non-hydrogen) atoms. The highest BCUT2D eigenvalue weighted by molar-refractivity contribution is 6.35. The largest absolute Gasteiger partial charge is 0.416 e. The van der Waals surface area contributed by atoms with E-state index >= 15 is 0 Å². The minimum absolute atomic E-state index is 0.284. The van der Waals surface area contributed by atoms with Crippen molar-refractivity contribution >= 4 is 35.0 Å². The summed E-state index contributed by atoms with van der Waals surface area (Å²) in [6.45, 7) is 9.96. The fourth-order valence-electron chi connectivity index (χ4n) is 3.71. The van der Waals surface area contributed by atoms with E-state index in [2.05, 4.69) is 41.6 Å². The van der Waals surface area contributed by atoms with Gasteiger partial charge in [0.05, 0.1) is 17.1 Å². The topological polar surface area (TPSA) is 55.6 Å². The third-order valence-electron chi connectivity index (χ3n) is 5.87. The van der Waals surface area contributed by atoms with Crippen molar-refractivity contribution < 1.29 is 13.2 Å². The highest BCUT2D eigenvalue weighted by Gasteiger charge is 2.37. The molecular formula is C25H28Cl2F3N5. The summed E-state index contributed by atoms with van der Waals surface area (Å²) in [7, 11) is 0. The zero-order valence-electron chi connectivity index (χ0n) is 20.2. The summed E-state index contributed by atoms with van der Waals surface area (Å²) >= 11 is 12.4. The number of tetrazole rings is 1. The van der Waals surface area contributed by atoms with Crippen LogP contribution in [0.2, 0.25) is 10.0 Å². The van der Waals surface area contributed by atoms with Gasteiger partial charge in [-0.3, -0.25) is 0 Å². The first-order valence-corrected chi connectivity index (χ1v) is 11.9. The molecule has 3 rings (SSSR count). The highest BCUT2D eigenvalue weighted by atomic mass is 35.5. The summed E-state index contributed by atoms with van der Waals surface area (Å²) in [5, 5.41) is 16.8. The first kappa shape index (κ1) is 27.0. The van der Waals surface area contributed by atoms with Gasteiger partial charge in [-0.1, -0.05) is 75.2 Å². The predicted molar refractivity (Wildman–Crippen MR) is 135 cm³/mol. The number of nitrogens with zero attached hydrogens (tertiary/aromatic N) is 4. The minimum atomic E-state index is -4.44. The smallest absolute Gasteiger partial charge is 0.373 e. The third-order valence-corrected chi connectivity index (χ3v) is 6.44. The van der Waals surface area contributed by atoms with E-state index in [0.29, 0.717) is 28.0 Å². The molecule has 2 unspecified atom stereocenters. The summed E-state index contributed by atoms with van der Waals surface area (Å²) in [5.41, 5.74) is -0.751. The van der Waals surface area contributed by atoms with E-state index in [0.717, 1.165) is 17.7 Å². The van der Waals surface area contributed by atoms with Crippen LogP contribution in [-0.4, -0.2) is 20.2 Å². The van der Waals surface area contributed by atoms with Gasteiger partial charge in [-0.15, -0.1) is 5.10 Å². The summed E-state index contributed by atoms with van der Waals surface area (Å²) in [6.07, 6.45) is -0.0565. The van der Waals surface area contributed by atoms with E-state index in [4.69, 9.17) is 23.2 Å². The fourth-order valence-corrected chi connectivity index (χ4v) is 4.18. The van der Waals surface area contributed by atoms with Crippen molar-refractivity contribution in [3.8, 4) is 0 Å². The quantitative estimate of drug-likeness (QED) is 0.339. The van der Waals surface area contributed by atoms with E-state index in [1.807, 2.05) is 32.1 Å². The lowest BCUT2D eigenvalue weighted by molar-refractivity contribution is -0.137. The fraction of sp³-hybridized carbons (Fsp3) is 0.400. The lowest BCUT2D eigenvalue weighted by Gasteiger charge is -2.34. The number of benzene rings is 2.